The Morgan fingerprint density at radius 1 is 1.30 bits per heavy atom. The fourth-order valence-corrected chi connectivity index (χ4v) is 2.40. The molecule has 1 aromatic carbocycles. The van der Waals surface area contributed by atoms with Gasteiger partial charge in [0.2, 0.25) is 0 Å². The lowest BCUT2D eigenvalue weighted by Gasteiger charge is -2.09. The van der Waals surface area contributed by atoms with Gasteiger partial charge in [0.25, 0.3) is 0 Å². The summed E-state index contributed by atoms with van der Waals surface area (Å²) < 4.78 is 6.32. The van der Waals surface area contributed by atoms with Crippen LogP contribution in [0.15, 0.2) is 34.9 Å². The lowest BCUT2D eigenvalue weighted by molar-refractivity contribution is 0.340. The highest BCUT2D eigenvalue weighted by Gasteiger charge is 2.27. The molecule has 4 nitrogen and oxygen atoms in total. The Bertz CT molecular complexity index is 614. The monoisotopic (exact) mass is 333 g/mol. The molecule has 0 unspecified atom stereocenters. The number of halogens is 1. The van der Waals surface area contributed by atoms with E-state index in [4.69, 9.17) is 4.74 Å². The largest absolute Gasteiger partial charge is 0.494 e. The number of benzene rings is 1. The number of anilines is 2. The highest BCUT2D eigenvalue weighted by Crippen LogP contribution is 2.39. The molecule has 5 heteroatoms. The Balaban J connectivity index is 1.81. The quantitative estimate of drug-likeness (QED) is 0.830. The summed E-state index contributed by atoms with van der Waals surface area (Å²) in [5.41, 5.74) is 0.961. The molecule has 3 rings (SSSR count). The predicted molar refractivity (Wildman–Crippen MR) is 82.6 cm³/mol. The Morgan fingerprint density at radius 3 is 2.90 bits per heavy atom. The topological polar surface area (TPSA) is 47.0 Å². The Kier molecular flexibility index (Phi) is 3.87. The van der Waals surface area contributed by atoms with Crippen LogP contribution in [-0.2, 0) is 0 Å². The summed E-state index contributed by atoms with van der Waals surface area (Å²) in [6, 6.07) is 9.76. The smallest absolute Gasteiger partial charge is 0.135 e. The van der Waals surface area contributed by atoms with Gasteiger partial charge in [-0.15, -0.1) is 0 Å². The molecule has 1 heterocycles. The molecular formula is C15H16BrN3O. The molecule has 20 heavy (non-hydrogen) atoms. The van der Waals surface area contributed by atoms with Crippen LogP contribution in [0.5, 0.6) is 5.75 Å². The van der Waals surface area contributed by atoms with Crippen LogP contribution in [-0.4, -0.2) is 16.6 Å². The predicted octanol–water partition coefficient (Wildman–Crippen LogP) is 4.26. The zero-order valence-corrected chi connectivity index (χ0v) is 12.9. The maximum Gasteiger partial charge on any atom is 0.135 e. The lowest BCUT2D eigenvalue weighted by atomic mass is 10.3. The van der Waals surface area contributed by atoms with Gasteiger partial charge in [-0.2, -0.15) is 0 Å². The third-order valence-corrected chi connectivity index (χ3v) is 3.48. The summed E-state index contributed by atoms with van der Waals surface area (Å²) in [6.07, 6.45) is 2.38. The first-order chi connectivity index (χ1) is 9.74. The van der Waals surface area contributed by atoms with Crippen LogP contribution in [0.4, 0.5) is 11.5 Å². The third kappa shape index (κ3) is 3.28. The van der Waals surface area contributed by atoms with E-state index >= 15 is 0 Å². The molecule has 1 N–H and O–H groups in total. The van der Waals surface area contributed by atoms with E-state index < -0.39 is 0 Å². The van der Waals surface area contributed by atoms with E-state index in [1.54, 1.807) is 0 Å². The van der Waals surface area contributed by atoms with Crippen molar-refractivity contribution in [2.24, 2.45) is 0 Å². The van der Waals surface area contributed by atoms with Crippen molar-refractivity contribution in [3.05, 3.63) is 40.8 Å². The average molecular weight is 334 g/mol. The fraction of sp³-hybridized carbons (Fsp3) is 0.333. The van der Waals surface area contributed by atoms with E-state index in [1.165, 1.54) is 12.8 Å². The van der Waals surface area contributed by atoms with Gasteiger partial charge in [0.05, 0.1) is 6.61 Å². The minimum absolute atomic E-state index is 0.530. The van der Waals surface area contributed by atoms with Gasteiger partial charge in [0.1, 0.15) is 22.0 Å². The van der Waals surface area contributed by atoms with Crippen molar-refractivity contribution >= 4 is 27.4 Å². The molecule has 0 amide bonds. The van der Waals surface area contributed by atoms with Gasteiger partial charge in [0.15, 0.2) is 0 Å². The van der Waals surface area contributed by atoms with Gasteiger partial charge in [-0.3, -0.25) is 0 Å². The van der Waals surface area contributed by atoms with Crippen molar-refractivity contribution in [1.82, 2.24) is 9.97 Å². The molecule has 0 aliphatic heterocycles. The Morgan fingerprint density at radius 2 is 2.15 bits per heavy atom. The molecule has 2 aromatic rings. The summed E-state index contributed by atoms with van der Waals surface area (Å²) in [7, 11) is 0. The standard InChI is InChI=1S/C15H16BrN3O/c1-2-20-12-5-3-4-11(8-12)17-14-9-13(16)18-15(19-14)10-6-7-10/h3-5,8-10H,2,6-7H2,1H3,(H,17,18,19). The zero-order chi connectivity index (χ0) is 13.9. The zero-order valence-electron chi connectivity index (χ0n) is 11.3. The second-order valence-corrected chi connectivity index (χ2v) is 5.61. The Labute approximate surface area is 126 Å². The number of nitrogens with zero attached hydrogens (tertiary/aromatic N) is 2. The number of hydrogen-bond acceptors (Lipinski definition) is 4. The molecule has 0 saturated heterocycles. The van der Waals surface area contributed by atoms with Gasteiger partial charge in [-0.1, -0.05) is 6.07 Å². The first-order valence-corrected chi connectivity index (χ1v) is 7.58. The third-order valence-electron chi connectivity index (χ3n) is 3.07. The molecule has 104 valence electrons. The van der Waals surface area contributed by atoms with Crippen molar-refractivity contribution in [1.29, 1.82) is 0 Å². The highest BCUT2D eigenvalue weighted by molar-refractivity contribution is 9.10. The fourth-order valence-electron chi connectivity index (χ4n) is 2.00. The van der Waals surface area contributed by atoms with Crippen LogP contribution >= 0.6 is 15.9 Å². The summed E-state index contributed by atoms with van der Waals surface area (Å²) in [6.45, 7) is 2.64. The molecular weight excluding hydrogens is 318 g/mol. The average Bonchev–Trinajstić information content (AvgIpc) is 3.23. The second-order valence-electron chi connectivity index (χ2n) is 4.79. The lowest BCUT2D eigenvalue weighted by Crippen LogP contribution is -2.00. The molecule has 0 spiro atoms. The van der Waals surface area contributed by atoms with Crippen LogP contribution in [0.3, 0.4) is 0 Å². The number of nitrogens with one attached hydrogen (secondary N) is 1. The minimum atomic E-state index is 0.530. The molecule has 0 radical (unpaired) electrons. The summed E-state index contributed by atoms with van der Waals surface area (Å²) in [5.74, 6) is 3.11. The van der Waals surface area contributed by atoms with Gasteiger partial charge < -0.3 is 10.1 Å². The van der Waals surface area contributed by atoms with Crippen molar-refractivity contribution in [3.8, 4) is 5.75 Å². The van der Waals surface area contributed by atoms with Gasteiger partial charge >= 0.3 is 0 Å². The van der Waals surface area contributed by atoms with Crippen molar-refractivity contribution in [3.63, 3.8) is 0 Å². The molecule has 0 atom stereocenters. The van der Waals surface area contributed by atoms with Crippen LogP contribution < -0.4 is 10.1 Å². The Hall–Kier alpha value is -1.62. The second kappa shape index (κ2) is 5.79. The molecule has 0 bridgehead atoms. The molecule has 1 fully saturated rings. The molecule has 1 aromatic heterocycles. The number of ether oxygens (including phenoxy) is 1. The maximum atomic E-state index is 5.50. The van der Waals surface area contributed by atoms with Crippen LogP contribution in [0.2, 0.25) is 0 Å². The van der Waals surface area contributed by atoms with Crippen LogP contribution in [0.1, 0.15) is 31.5 Å². The summed E-state index contributed by atoms with van der Waals surface area (Å²) in [4.78, 5) is 9.00. The molecule has 1 aliphatic carbocycles. The van der Waals surface area contributed by atoms with E-state index in [1.807, 2.05) is 37.3 Å². The van der Waals surface area contributed by atoms with Gasteiger partial charge in [-0.05, 0) is 47.8 Å². The molecule has 1 aliphatic rings. The van der Waals surface area contributed by atoms with Crippen LogP contribution in [0.25, 0.3) is 0 Å². The SMILES string of the molecule is CCOc1cccc(Nc2cc(Br)nc(C3CC3)n2)c1. The van der Waals surface area contributed by atoms with Crippen molar-refractivity contribution in [2.75, 3.05) is 11.9 Å². The van der Waals surface area contributed by atoms with Crippen molar-refractivity contribution < 1.29 is 4.74 Å². The first kappa shape index (κ1) is 13.4. The highest BCUT2D eigenvalue weighted by atomic mass is 79.9. The first-order valence-electron chi connectivity index (χ1n) is 6.79. The maximum absolute atomic E-state index is 5.50. The van der Waals surface area contributed by atoms with E-state index in [-0.39, 0.29) is 0 Å². The number of hydrogen-bond donors (Lipinski definition) is 1. The normalized spacial score (nSPS) is 14.1. The van der Waals surface area contributed by atoms with E-state index in [0.29, 0.717) is 12.5 Å². The minimum Gasteiger partial charge on any atom is -0.494 e. The van der Waals surface area contributed by atoms with E-state index in [2.05, 4.69) is 31.2 Å². The van der Waals surface area contributed by atoms with Gasteiger partial charge in [0, 0.05) is 23.7 Å². The summed E-state index contributed by atoms with van der Waals surface area (Å²) >= 11 is 3.45. The number of aromatic nitrogens is 2. The van der Waals surface area contributed by atoms with E-state index in [9.17, 15) is 0 Å². The van der Waals surface area contributed by atoms with Crippen molar-refractivity contribution in [2.45, 2.75) is 25.7 Å². The van der Waals surface area contributed by atoms with E-state index in [0.717, 1.165) is 27.7 Å². The summed E-state index contributed by atoms with van der Waals surface area (Å²) in [5, 5.41) is 3.31. The molecule has 1 saturated carbocycles. The van der Waals surface area contributed by atoms with Crippen LogP contribution in [0, 0.1) is 0 Å². The number of rotatable bonds is 5. The van der Waals surface area contributed by atoms with Gasteiger partial charge in [-0.25, -0.2) is 9.97 Å².